The maximum absolute atomic E-state index is 5.19. The number of pyridine rings is 1. The predicted molar refractivity (Wildman–Crippen MR) is 58.7 cm³/mol. The Bertz CT molecular complexity index is 276. The molecular formula is C11H18N2O. The molecule has 0 saturated heterocycles. The zero-order valence-electron chi connectivity index (χ0n) is 9.08. The van der Waals surface area contributed by atoms with Crippen LogP contribution in [-0.2, 0) is 0 Å². The van der Waals surface area contributed by atoms with Gasteiger partial charge in [0.25, 0.3) is 0 Å². The number of hydrogen-bond donors (Lipinski definition) is 1. The quantitative estimate of drug-likeness (QED) is 0.782. The van der Waals surface area contributed by atoms with E-state index in [0.29, 0.717) is 5.92 Å². The predicted octanol–water partition coefficient (Wildman–Crippen LogP) is 2.55. The Morgan fingerprint density at radius 2 is 2.36 bits per heavy atom. The van der Waals surface area contributed by atoms with Crippen LogP contribution in [0.15, 0.2) is 18.3 Å². The van der Waals surface area contributed by atoms with Gasteiger partial charge in [0, 0.05) is 12.7 Å². The summed E-state index contributed by atoms with van der Waals surface area (Å²) in [5.74, 6) is 2.29. The summed E-state index contributed by atoms with van der Waals surface area (Å²) in [6, 6.07) is 3.78. The fourth-order valence-corrected chi connectivity index (χ4v) is 1.10. The summed E-state index contributed by atoms with van der Waals surface area (Å²) in [5.41, 5.74) is 0. The van der Waals surface area contributed by atoms with Crippen molar-refractivity contribution in [3.8, 4) is 5.75 Å². The van der Waals surface area contributed by atoms with Crippen LogP contribution in [0.5, 0.6) is 5.75 Å². The monoisotopic (exact) mass is 194 g/mol. The molecule has 1 atom stereocenters. The Labute approximate surface area is 85.5 Å². The molecule has 0 aliphatic heterocycles. The fraction of sp³-hybridized carbons (Fsp3) is 0.545. The van der Waals surface area contributed by atoms with Crippen LogP contribution in [0.3, 0.4) is 0 Å². The molecule has 1 N–H and O–H groups in total. The molecule has 1 aromatic heterocycles. The Balaban J connectivity index is 2.57. The van der Waals surface area contributed by atoms with E-state index in [4.69, 9.17) is 4.74 Å². The molecule has 0 aliphatic rings. The Morgan fingerprint density at radius 1 is 1.57 bits per heavy atom. The van der Waals surface area contributed by atoms with Gasteiger partial charge in [-0.2, -0.15) is 0 Å². The molecule has 0 amide bonds. The Kier molecular flexibility index (Phi) is 4.23. The second kappa shape index (κ2) is 5.47. The maximum Gasteiger partial charge on any atom is 0.168 e. The van der Waals surface area contributed by atoms with E-state index in [0.717, 1.165) is 18.1 Å². The van der Waals surface area contributed by atoms with E-state index in [2.05, 4.69) is 24.1 Å². The highest BCUT2D eigenvalue weighted by atomic mass is 16.5. The van der Waals surface area contributed by atoms with Crippen molar-refractivity contribution in [1.29, 1.82) is 0 Å². The van der Waals surface area contributed by atoms with Crippen molar-refractivity contribution >= 4 is 5.82 Å². The lowest BCUT2D eigenvalue weighted by Gasteiger charge is -2.12. The molecular weight excluding hydrogens is 176 g/mol. The third kappa shape index (κ3) is 2.91. The van der Waals surface area contributed by atoms with Crippen LogP contribution < -0.4 is 10.1 Å². The molecule has 0 radical (unpaired) electrons. The Morgan fingerprint density at radius 3 is 3.00 bits per heavy atom. The van der Waals surface area contributed by atoms with Gasteiger partial charge in [-0.1, -0.05) is 20.3 Å². The molecule has 1 rings (SSSR count). The second-order valence-corrected chi connectivity index (χ2v) is 3.45. The summed E-state index contributed by atoms with van der Waals surface area (Å²) >= 11 is 0. The van der Waals surface area contributed by atoms with Crippen molar-refractivity contribution in [3.63, 3.8) is 0 Å². The largest absolute Gasteiger partial charge is 0.493 e. The third-order valence-electron chi connectivity index (χ3n) is 2.31. The molecule has 0 aromatic carbocycles. The van der Waals surface area contributed by atoms with Crippen LogP contribution >= 0.6 is 0 Å². The van der Waals surface area contributed by atoms with Crippen molar-refractivity contribution < 1.29 is 4.74 Å². The lowest BCUT2D eigenvalue weighted by atomic mass is 10.1. The van der Waals surface area contributed by atoms with E-state index >= 15 is 0 Å². The van der Waals surface area contributed by atoms with Crippen LogP contribution in [0.1, 0.15) is 20.3 Å². The number of aromatic nitrogens is 1. The van der Waals surface area contributed by atoms with Crippen molar-refractivity contribution in [3.05, 3.63) is 18.3 Å². The van der Waals surface area contributed by atoms with E-state index in [-0.39, 0.29) is 0 Å². The average Bonchev–Trinajstić information content (AvgIpc) is 2.26. The number of nitrogens with zero attached hydrogens (tertiary/aromatic N) is 1. The van der Waals surface area contributed by atoms with Crippen LogP contribution in [0, 0.1) is 5.92 Å². The lowest BCUT2D eigenvalue weighted by molar-refractivity contribution is 0.414. The first-order valence-corrected chi connectivity index (χ1v) is 5.00. The number of rotatable bonds is 5. The van der Waals surface area contributed by atoms with Crippen molar-refractivity contribution in [2.45, 2.75) is 20.3 Å². The molecule has 3 heteroatoms. The molecule has 1 heterocycles. The highest BCUT2D eigenvalue weighted by Gasteiger charge is 2.03. The van der Waals surface area contributed by atoms with Crippen LogP contribution in [0.25, 0.3) is 0 Å². The standard InChI is InChI=1S/C11H18N2O/c1-4-9(2)8-13-11-10(14-3)6-5-7-12-11/h5-7,9H,4,8H2,1-3H3,(H,12,13). The minimum atomic E-state index is 0.654. The summed E-state index contributed by atoms with van der Waals surface area (Å²) in [6.45, 7) is 5.33. The van der Waals surface area contributed by atoms with Gasteiger partial charge < -0.3 is 10.1 Å². The van der Waals surface area contributed by atoms with Gasteiger partial charge in [-0.05, 0) is 18.1 Å². The van der Waals surface area contributed by atoms with Gasteiger partial charge >= 0.3 is 0 Å². The van der Waals surface area contributed by atoms with Gasteiger partial charge in [-0.3, -0.25) is 0 Å². The first kappa shape index (κ1) is 10.8. The summed E-state index contributed by atoms with van der Waals surface area (Å²) in [4.78, 5) is 4.22. The summed E-state index contributed by atoms with van der Waals surface area (Å²) in [5, 5.41) is 3.28. The van der Waals surface area contributed by atoms with Gasteiger partial charge in [0.2, 0.25) is 0 Å². The van der Waals surface area contributed by atoms with Crippen LogP contribution in [0.4, 0.5) is 5.82 Å². The van der Waals surface area contributed by atoms with Crippen molar-refractivity contribution in [2.75, 3.05) is 19.0 Å². The van der Waals surface area contributed by atoms with E-state index in [1.807, 2.05) is 12.1 Å². The van der Waals surface area contributed by atoms with Gasteiger partial charge in [-0.25, -0.2) is 4.98 Å². The molecule has 1 aromatic rings. The molecule has 78 valence electrons. The molecule has 0 spiro atoms. The second-order valence-electron chi connectivity index (χ2n) is 3.45. The van der Waals surface area contributed by atoms with Crippen molar-refractivity contribution in [1.82, 2.24) is 4.98 Å². The van der Waals surface area contributed by atoms with Gasteiger partial charge in [0.15, 0.2) is 11.6 Å². The fourth-order valence-electron chi connectivity index (χ4n) is 1.10. The average molecular weight is 194 g/mol. The molecule has 0 fully saturated rings. The molecule has 1 unspecified atom stereocenters. The molecule has 3 nitrogen and oxygen atoms in total. The van der Waals surface area contributed by atoms with Crippen LogP contribution in [0.2, 0.25) is 0 Å². The smallest absolute Gasteiger partial charge is 0.168 e. The lowest BCUT2D eigenvalue weighted by Crippen LogP contribution is -2.11. The SMILES string of the molecule is CCC(C)CNc1ncccc1OC. The van der Waals surface area contributed by atoms with Gasteiger partial charge in [0.05, 0.1) is 7.11 Å². The van der Waals surface area contributed by atoms with E-state index < -0.39 is 0 Å². The molecule has 14 heavy (non-hydrogen) atoms. The summed E-state index contributed by atoms with van der Waals surface area (Å²) in [7, 11) is 1.66. The maximum atomic E-state index is 5.19. The van der Waals surface area contributed by atoms with Gasteiger partial charge in [-0.15, -0.1) is 0 Å². The summed E-state index contributed by atoms with van der Waals surface area (Å²) < 4.78 is 5.19. The molecule has 0 bridgehead atoms. The number of hydrogen-bond acceptors (Lipinski definition) is 3. The topological polar surface area (TPSA) is 34.2 Å². The zero-order valence-corrected chi connectivity index (χ0v) is 9.08. The van der Waals surface area contributed by atoms with E-state index in [1.165, 1.54) is 6.42 Å². The number of ether oxygens (including phenoxy) is 1. The minimum Gasteiger partial charge on any atom is -0.493 e. The van der Waals surface area contributed by atoms with Gasteiger partial charge in [0.1, 0.15) is 0 Å². The normalized spacial score (nSPS) is 12.2. The molecule has 0 aliphatic carbocycles. The van der Waals surface area contributed by atoms with E-state index in [9.17, 15) is 0 Å². The number of methoxy groups -OCH3 is 1. The number of nitrogens with one attached hydrogen (secondary N) is 1. The first-order valence-electron chi connectivity index (χ1n) is 5.00. The Hall–Kier alpha value is -1.25. The highest BCUT2D eigenvalue weighted by Crippen LogP contribution is 2.20. The summed E-state index contributed by atoms with van der Waals surface area (Å²) in [6.07, 6.45) is 2.93. The minimum absolute atomic E-state index is 0.654. The zero-order chi connectivity index (χ0) is 10.4. The van der Waals surface area contributed by atoms with Crippen molar-refractivity contribution in [2.24, 2.45) is 5.92 Å². The number of anilines is 1. The first-order chi connectivity index (χ1) is 6.77. The third-order valence-corrected chi connectivity index (χ3v) is 2.31. The highest BCUT2D eigenvalue weighted by molar-refractivity contribution is 5.49. The van der Waals surface area contributed by atoms with E-state index in [1.54, 1.807) is 13.3 Å². The molecule has 0 saturated carbocycles. The van der Waals surface area contributed by atoms with Crippen LogP contribution in [-0.4, -0.2) is 18.6 Å².